The number of hydrogen-bond acceptors (Lipinski definition) is 4. The van der Waals surface area contributed by atoms with E-state index in [0.717, 1.165) is 11.4 Å². The van der Waals surface area contributed by atoms with Gasteiger partial charge in [-0.2, -0.15) is 0 Å². The van der Waals surface area contributed by atoms with E-state index < -0.39 is 0 Å². The third-order valence-corrected chi connectivity index (χ3v) is 2.51. The summed E-state index contributed by atoms with van der Waals surface area (Å²) in [6.07, 6.45) is 1.71. The minimum Gasteiger partial charge on any atom is -0.357 e. The van der Waals surface area contributed by atoms with Crippen LogP contribution in [0.3, 0.4) is 0 Å². The Balaban J connectivity index is 2.60. The first-order valence-corrected chi connectivity index (χ1v) is 6.24. The third-order valence-electron chi connectivity index (χ3n) is 2.51. The number of carbonyl (C=O) groups is 1. The molecule has 0 bridgehead atoms. The fourth-order valence-electron chi connectivity index (χ4n) is 1.40. The van der Waals surface area contributed by atoms with Crippen LogP contribution in [0.25, 0.3) is 0 Å². The fraction of sp³-hybridized carbons (Fsp3) is 0.615. The number of carbonyl (C=O) groups excluding carboxylic acids is 1. The second-order valence-electron chi connectivity index (χ2n) is 4.95. The van der Waals surface area contributed by atoms with Crippen molar-refractivity contribution in [1.29, 1.82) is 0 Å². The zero-order chi connectivity index (χ0) is 13.7. The predicted octanol–water partition coefficient (Wildman–Crippen LogP) is 1.67. The zero-order valence-corrected chi connectivity index (χ0v) is 11.7. The van der Waals surface area contributed by atoms with Crippen LogP contribution in [0, 0.1) is 19.8 Å². The Morgan fingerprint density at radius 1 is 1.33 bits per heavy atom. The summed E-state index contributed by atoms with van der Waals surface area (Å²) >= 11 is 0. The van der Waals surface area contributed by atoms with Gasteiger partial charge in [-0.05, 0) is 26.7 Å². The molecule has 0 saturated heterocycles. The van der Waals surface area contributed by atoms with Gasteiger partial charge >= 0.3 is 0 Å². The maximum absolute atomic E-state index is 11.8. The molecule has 100 valence electrons. The van der Waals surface area contributed by atoms with Gasteiger partial charge < -0.3 is 10.6 Å². The monoisotopic (exact) mass is 250 g/mol. The number of rotatable bonds is 5. The van der Waals surface area contributed by atoms with Gasteiger partial charge in [0.05, 0.1) is 11.4 Å². The Kier molecular flexibility index (Phi) is 5.07. The molecule has 1 atom stereocenters. The summed E-state index contributed by atoms with van der Waals surface area (Å²) in [5.41, 5.74) is 1.63. The van der Waals surface area contributed by atoms with Crippen LogP contribution in [0.4, 0.5) is 5.82 Å². The normalized spacial score (nSPS) is 12.3. The van der Waals surface area contributed by atoms with Gasteiger partial charge in [0, 0.05) is 12.7 Å². The summed E-state index contributed by atoms with van der Waals surface area (Å²) in [6, 6.07) is -0.321. The summed E-state index contributed by atoms with van der Waals surface area (Å²) in [5.74, 6) is 1.09. The molecule has 0 fully saturated rings. The molecule has 1 unspecified atom stereocenters. The van der Waals surface area contributed by atoms with Crippen LogP contribution in [0.2, 0.25) is 0 Å². The Bertz CT molecular complexity index is 417. The average Bonchev–Trinajstić information content (AvgIpc) is 2.30. The molecule has 0 aliphatic heterocycles. The number of aryl methyl sites for hydroxylation is 2. The number of nitrogens with one attached hydrogen (secondary N) is 2. The van der Waals surface area contributed by atoms with Gasteiger partial charge in [0.25, 0.3) is 0 Å². The van der Waals surface area contributed by atoms with Crippen molar-refractivity contribution in [2.75, 3.05) is 11.9 Å². The molecule has 1 heterocycles. The standard InChI is InChI=1S/C13H22N4O/c1-8(2)6-15-13(18)11(5)17-12-10(4)14-7-9(3)16-12/h7-8,11H,6H2,1-5H3,(H,15,18)(H,16,17). The lowest BCUT2D eigenvalue weighted by Crippen LogP contribution is -2.39. The quantitative estimate of drug-likeness (QED) is 0.834. The summed E-state index contributed by atoms with van der Waals surface area (Å²) in [7, 11) is 0. The Labute approximate surface area is 108 Å². The van der Waals surface area contributed by atoms with Crippen LogP contribution < -0.4 is 10.6 Å². The molecular weight excluding hydrogens is 228 g/mol. The molecule has 1 aromatic heterocycles. The summed E-state index contributed by atoms with van der Waals surface area (Å²) < 4.78 is 0. The number of hydrogen-bond donors (Lipinski definition) is 2. The maximum Gasteiger partial charge on any atom is 0.242 e. The smallest absolute Gasteiger partial charge is 0.242 e. The average molecular weight is 250 g/mol. The van der Waals surface area contributed by atoms with Crippen molar-refractivity contribution in [3.63, 3.8) is 0 Å². The Morgan fingerprint density at radius 3 is 2.61 bits per heavy atom. The number of aromatic nitrogens is 2. The topological polar surface area (TPSA) is 66.9 Å². The molecule has 0 saturated carbocycles. The molecule has 1 rings (SSSR count). The van der Waals surface area contributed by atoms with Gasteiger partial charge in [0.1, 0.15) is 11.9 Å². The molecule has 0 radical (unpaired) electrons. The lowest BCUT2D eigenvalue weighted by atomic mass is 10.2. The van der Waals surface area contributed by atoms with Crippen molar-refractivity contribution in [2.45, 2.75) is 40.7 Å². The van der Waals surface area contributed by atoms with E-state index in [4.69, 9.17) is 0 Å². The van der Waals surface area contributed by atoms with Gasteiger partial charge in [-0.1, -0.05) is 13.8 Å². The van der Waals surface area contributed by atoms with Crippen LogP contribution in [0.5, 0.6) is 0 Å². The summed E-state index contributed by atoms with van der Waals surface area (Å²) in [5, 5.41) is 5.98. The highest BCUT2D eigenvalue weighted by molar-refractivity contribution is 5.83. The van der Waals surface area contributed by atoms with Crippen molar-refractivity contribution in [1.82, 2.24) is 15.3 Å². The first-order valence-electron chi connectivity index (χ1n) is 6.24. The Morgan fingerprint density at radius 2 is 2.00 bits per heavy atom. The predicted molar refractivity (Wildman–Crippen MR) is 72.4 cm³/mol. The van der Waals surface area contributed by atoms with Gasteiger partial charge in [-0.3, -0.25) is 9.78 Å². The van der Waals surface area contributed by atoms with E-state index in [1.807, 2.05) is 20.8 Å². The van der Waals surface area contributed by atoms with Crippen molar-refractivity contribution in [3.8, 4) is 0 Å². The highest BCUT2D eigenvalue weighted by Gasteiger charge is 2.14. The van der Waals surface area contributed by atoms with Crippen LogP contribution in [0.1, 0.15) is 32.2 Å². The minimum absolute atomic E-state index is 0.0218. The van der Waals surface area contributed by atoms with E-state index in [1.165, 1.54) is 0 Å². The van der Waals surface area contributed by atoms with Crippen molar-refractivity contribution in [2.24, 2.45) is 5.92 Å². The van der Waals surface area contributed by atoms with Crippen molar-refractivity contribution >= 4 is 11.7 Å². The number of amides is 1. The molecular formula is C13H22N4O. The SMILES string of the molecule is Cc1cnc(C)c(NC(C)C(=O)NCC(C)C)n1. The van der Waals surface area contributed by atoms with E-state index in [-0.39, 0.29) is 11.9 Å². The molecule has 0 aromatic carbocycles. The molecule has 5 nitrogen and oxygen atoms in total. The lowest BCUT2D eigenvalue weighted by Gasteiger charge is -2.16. The Hall–Kier alpha value is -1.65. The summed E-state index contributed by atoms with van der Waals surface area (Å²) in [6.45, 7) is 10.4. The number of nitrogens with zero attached hydrogens (tertiary/aromatic N) is 2. The van der Waals surface area contributed by atoms with Crippen LogP contribution in [-0.2, 0) is 4.79 Å². The highest BCUT2D eigenvalue weighted by atomic mass is 16.2. The van der Waals surface area contributed by atoms with Crippen molar-refractivity contribution < 1.29 is 4.79 Å². The highest BCUT2D eigenvalue weighted by Crippen LogP contribution is 2.10. The number of anilines is 1. The van der Waals surface area contributed by atoms with Gasteiger partial charge in [0.15, 0.2) is 0 Å². The van der Waals surface area contributed by atoms with E-state index in [0.29, 0.717) is 18.3 Å². The molecule has 5 heteroatoms. The fourth-order valence-corrected chi connectivity index (χ4v) is 1.40. The second-order valence-corrected chi connectivity index (χ2v) is 4.95. The summed E-state index contributed by atoms with van der Waals surface area (Å²) in [4.78, 5) is 20.4. The first kappa shape index (κ1) is 14.4. The van der Waals surface area contributed by atoms with Gasteiger partial charge in [0.2, 0.25) is 5.91 Å². The van der Waals surface area contributed by atoms with E-state index in [9.17, 15) is 4.79 Å². The van der Waals surface area contributed by atoms with Crippen molar-refractivity contribution in [3.05, 3.63) is 17.6 Å². The second kappa shape index (κ2) is 6.33. The molecule has 0 spiro atoms. The van der Waals surface area contributed by atoms with E-state index in [1.54, 1.807) is 6.20 Å². The molecule has 1 aromatic rings. The van der Waals surface area contributed by atoms with Crippen LogP contribution in [0.15, 0.2) is 6.20 Å². The van der Waals surface area contributed by atoms with E-state index in [2.05, 4.69) is 34.4 Å². The lowest BCUT2D eigenvalue weighted by molar-refractivity contribution is -0.121. The van der Waals surface area contributed by atoms with Gasteiger partial charge in [-0.15, -0.1) is 0 Å². The van der Waals surface area contributed by atoms with Crippen LogP contribution in [-0.4, -0.2) is 28.5 Å². The molecule has 0 aliphatic carbocycles. The third kappa shape index (κ3) is 4.31. The molecule has 2 N–H and O–H groups in total. The molecule has 18 heavy (non-hydrogen) atoms. The largest absolute Gasteiger partial charge is 0.357 e. The minimum atomic E-state index is -0.321. The van der Waals surface area contributed by atoms with Crippen LogP contribution >= 0.6 is 0 Å². The molecule has 0 aliphatic rings. The first-order chi connectivity index (χ1) is 8.40. The van der Waals surface area contributed by atoms with E-state index >= 15 is 0 Å². The molecule has 1 amide bonds. The maximum atomic E-state index is 11.8. The zero-order valence-electron chi connectivity index (χ0n) is 11.7. The van der Waals surface area contributed by atoms with Gasteiger partial charge in [-0.25, -0.2) is 4.98 Å².